The first kappa shape index (κ1) is 17.1. The second kappa shape index (κ2) is 7.05. The summed E-state index contributed by atoms with van der Waals surface area (Å²) in [6.07, 6.45) is 0.160. The fraction of sp³-hybridized carbons (Fsp3) is 0.300. The molecule has 1 aliphatic rings. The summed E-state index contributed by atoms with van der Waals surface area (Å²) in [5.74, 6) is -0.764. The Morgan fingerprint density at radius 2 is 1.84 bits per heavy atom. The molecule has 4 nitrogen and oxygen atoms in total. The number of carbonyl (C=O) groups is 2. The molecule has 0 radical (unpaired) electrons. The van der Waals surface area contributed by atoms with Crippen molar-refractivity contribution in [2.24, 2.45) is 5.92 Å². The highest BCUT2D eigenvalue weighted by Gasteiger charge is 2.35. The van der Waals surface area contributed by atoms with Crippen molar-refractivity contribution in [3.05, 3.63) is 59.9 Å². The highest BCUT2D eigenvalue weighted by atomic mass is 19.1. The lowest BCUT2D eigenvalue weighted by Crippen LogP contribution is -2.28. The summed E-state index contributed by atoms with van der Waals surface area (Å²) in [4.78, 5) is 26.4. The Bertz CT molecular complexity index is 787. The molecule has 1 atom stereocenters. The quantitative estimate of drug-likeness (QED) is 0.916. The van der Waals surface area contributed by atoms with Crippen molar-refractivity contribution in [1.29, 1.82) is 0 Å². The van der Waals surface area contributed by atoms with E-state index in [1.807, 2.05) is 24.3 Å². The molecule has 0 aromatic heterocycles. The minimum absolute atomic E-state index is 0.121. The number of nitrogens with one attached hydrogen (secondary N) is 1. The van der Waals surface area contributed by atoms with Crippen molar-refractivity contribution >= 4 is 23.2 Å². The van der Waals surface area contributed by atoms with Gasteiger partial charge in [-0.05, 0) is 41.8 Å². The van der Waals surface area contributed by atoms with E-state index in [0.717, 1.165) is 11.3 Å². The van der Waals surface area contributed by atoms with Gasteiger partial charge in [0.15, 0.2) is 0 Å². The first-order valence-electron chi connectivity index (χ1n) is 8.41. The lowest BCUT2D eigenvalue weighted by Gasteiger charge is -2.18. The van der Waals surface area contributed by atoms with Crippen LogP contribution in [0.15, 0.2) is 48.5 Å². The van der Waals surface area contributed by atoms with Gasteiger partial charge in [0.1, 0.15) is 5.82 Å². The Morgan fingerprint density at radius 3 is 2.52 bits per heavy atom. The van der Waals surface area contributed by atoms with Crippen molar-refractivity contribution in [3.63, 3.8) is 0 Å². The fourth-order valence-electron chi connectivity index (χ4n) is 3.10. The van der Waals surface area contributed by atoms with E-state index < -0.39 is 5.92 Å². The van der Waals surface area contributed by atoms with Gasteiger partial charge in [0.05, 0.1) is 5.92 Å². The van der Waals surface area contributed by atoms with Crippen molar-refractivity contribution in [3.8, 4) is 0 Å². The number of nitrogens with zero attached hydrogens (tertiary/aromatic N) is 1. The minimum Gasteiger partial charge on any atom is -0.326 e. The number of para-hydroxylation sites is 1. The molecular formula is C20H21FN2O2. The Balaban J connectivity index is 1.72. The lowest BCUT2D eigenvalue weighted by molar-refractivity contribution is -0.122. The predicted molar refractivity (Wildman–Crippen MR) is 96.0 cm³/mol. The normalized spacial score (nSPS) is 17.2. The molecule has 1 fully saturated rings. The molecule has 0 unspecified atom stereocenters. The van der Waals surface area contributed by atoms with Gasteiger partial charge in [-0.3, -0.25) is 9.59 Å². The summed E-state index contributed by atoms with van der Waals surface area (Å²) in [5, 5.41) is 2.96. The van der Waals surface area contributed by atoms with Gasteiger partial charge in [-0.1, -0.05) is 32.0 Å². The second-order valence-electron chi connectivity index (χ2n) is 6.61. The molecule has 0 spiro atoms. The number of benzene rings is 2. The van der Waals surface area contributed by atoms with Crippen LogP contribution in [-0.4, -0.2) is 18.4 Å². The molecule has 1 saturated heterocycles. The van der Waals surface area contributed by atoms with E-state index in [-0.39, 0.29) is 30.0 Å². The third-order valence-electron chi connectivity index (χ3n) is 4.47. The fourth-order valence-corrected chi connectivity index (χ4v) is 3.10. The molecule has 2 aromatic carbocycles. The molecule has 1 aliphatic heterocycles. The third kappa shape index (κ3) is 3.71. The maximum absolute atomic E-state index is 13.1. The molecule has 0 bridgehead atoms. The van der Waals surface area contributed by atoms with Crippen molar-refractivity contribution in [2.45, 2.75) is 26.2 Å². The van der Waals surface area contributed by atoms with Crippen LogP contribution >= 0.6 is 0 Å². The van der Waals surface area contributed by atoms with E-state index in [1.165, 1.54) is 17.0 Å². The zero-order chi connectivity index (χ0) is 18.0. The molecule has 1 N–H and O–H groups in total. The molecule has 2 aromatic rings. The van der Waals surface area contributed by atoms with Crippen LogP contribution in [0.5, 0.6) is 0 Å². The first-order chi connectivity index (χ1) is 12.0. The van der Waals surface area contributed by atoms with Crippen molar-refractivity contribution in [1.82, 2.24) is 0 Å². The number of halogens is 1. The van der Waals surface area contributed by atoms with Crippen LogP contribution < -0.4 is 10.2 Å². The van der Waals surface area contributed by atoms with E-state index in [0.29, 0.717) is 12.2 Å². The minimum atomic E-state index is -0.419. The van der Waals surface area contributed by atoms with Crippen LogP contribution in [0.3, 0.4) is 0 Å². The average Bonchev–Trinajstić information content (AvgIpc) is 2.98. The number of hydrogen-bond acceptors (Lipinski definition) is 2. The number of hydrogen-bond donors (Lipinski definition) is 1. The molecule has 2 amide bonds. The predicted octanol–water partition coefficient (Wildman–Crippen LogP) is 3.94. The maximum atomic E-state index is 13.1. The van der Waals surface area contributed by atoms with Crippen molar-refractivity contribution in [2.75, 3.05) is 16.8 Å². The summed E-state index contributed by atoms with van der Waals surface area (Å²) >= 11 is 0. The van der Waals surface area contributed by atoms with Gasteiger partial charge in [-0.15, -0.1) is 0 Å². The van der Waals surface area contributed by atoms with Crippen LogP contribution in [0.4, 0.5) is 15.8 Å². The summed E-state index contributed by atoms with van der Waals surface area (Å²) < 4.78 is 13.1. The van der Waals surface area contributed by atoms with E-state index in [4.69, 9.17) is 0 Å². The Morgan fingerprint density at radius 1 is 1.16 bits per heavy atom. The maximum Gasteiger partial charge on any atom is 0.229 e. The largest absolute Gasteiger partial charge is 0.326 e. The smallest absolute Gasteiger partial charge is 0.229 e. The zero-order valence-electron chi connectivity index (χ0n) is 14.3. The summed E-state index contributed by atoms with van der Waals surface area (Å²) in [7, 11) is 0. The Hall–Kier alpha value is -2.69. The number of carbonyl (C=O) groups excluding carboxylic acids is 2. The standard InChI is InChI=1S/C20H21FN2O2/c1-13(2)17-5-3-4-6-18(17)22-20(25)14-11-19(24)23(12-14)16-9-7-15(21)8-10-16/h3-10,13-14H,11-12H2,1-2H3,(H,22,25)/t14-/m1/s1. The second-order valence-corrected chi connectivity index (χ2v) is 6.61. The van der Waals surface area contributed by atoms with Gasteiger partial charge in [0.25, 0.3) is 0 Å². The van der Waals surface area contributed by atoms with Gasteiger partial charge in [-0.2, -0.15) is 0 Å². The van der Waals surface area contributed by atoms with Gasteiger partial charge in [0, 0.05) is 24.3 Å². The van der Waals surface area contributed by atoms with Crippen molar-refractivity contribution < 1.29 is 14.0 Å². The third-order valence-corrected chi connectivity index (χ3v) is 4.47. The van der Waals surface area contributed by atoms with E-state index in [2.05, 4.69) is 19.2 Å². The highest BCUT2D eigenvalue weighted by molar-refractivity contribution is 6.03. The number of rotatable bonds is 4. The van der Waals surface area contributed by atoms with Crippen LogP contribution in [-0.2, 0) is 9.59 Å². The van der Waals surface area contributed by atoms with Gasteiger partial charge in [-0.25, -0.2) is 4.39 Å². The summed E-state index contributed by atoms with van der Waals surface area (Å²) in [6.45, 7) is 4.45. The van der Waals surface area contributed by atoms with Gasteiger partial charge >= 0.3 is 0 Å². The van der Waals surface area contributed by atoms with Crippen LogP contribution in [0, 0.1) is 11.7 Å². The average molecular weight is 340 g/mol. The molecule has 130 valence electrons. The molecule has 0 saturated carbocycles. The summed E-state index contributed by atoms with van der Waals surface area (Å²) in [5.41, 5.74) is 2.47. The van der Waals surface area contributed by atoms with Crippen LogP contribution in [0.2, 0.25) is 0 Å². The number of amides is 2. The molecule has 1 heterocycles. The van der Waals surface area contributed by atoms with Crippen LogP contribution in [0.1, 0.15) is 31.7 Å². The van der Waals surface area contributed by atoms with E-state index >= 15 is 0 Å². The lowest BCUT2D eigenvalue weighted by atomic mass is 10.0. The molecule has 3 rings (SSSR count). The van der Waals surface area contributed by atoms with E-state index in [1.54, 1.807) is 12.1 Å². The monoisotopic (exact) mass is 340 g/mol. The SMILES string of the molecule is CC(C)c1ccccc1NC(=O)[C@@H]1CC(=O)N(c2ccc(F)cc2)C1. The van der Waals surface area contributed by atoms with Gasteiger partial charge < -0.3 is 10.2 Å². The molecule has 5 heteroatoms. The Kier molecular flexibility index (Phi) is 4.83. The topological polar surface area (TPSA) is 49.4 Å². The molecular weight excluding hydrogens is 319 g/mol. The van der Waals surface area contributed by atoms with Gasteiger partial charge in [0.2, 0.25) is 11.8 Å². The number of anilines is 2. The highest BCUT2D eigenvalue weighted by Crippen LogP contribution is 2.28. The molecule has 0 aliphatic carbocycles. The van der Waals surface area contributed by atoms with Crippen LogP contribution in [0.25, 0.3) is 0 Å². The summed E-state index contributed by atoms with van der Waals surface area (Å²) in [6, 6.07) is 13.4. The zero-order valence-corrected chi connectivity index (χ0v) is 14.3. The van der Waals surface area contributed by atoms with E-state index in [9.17, 15) is 14.0 Å². The Labute approximate surface area is 146 Å². The first-order valence-corrected chi connectivity index (χ1v) is 8.41. The molecule has 25 heavy (non-hydrogen) atoms.